The van der Waals surface area contributed by atoms with Gasteiger partial charge < -0.3 is 24.9 Å². The third kappa shape index (κ3) is 2.39. The molecule has 0 radical (unpaired) electrons. The van der Waals surface area contributed by atoms with Crippen LogP contribution in [0.4, 0.5) is 0 Å². The van der Waals surface area contributed by atoms with E-state index in [0.29, 0.717) is 25.9 Å². The van der Waals surface area contributed by atoms with E-state index in [1.807, 2.05) is 0 Å². The largest absolute Gasteiger partial charge is 0.458 e. The normalized spacial score (nSPS) is 51.3. The number of allylic oxidation sites excluding steroid dienone is 1. The van der Waals surface area contributed by atoms with Gasteiger partial charge in [0.1, 0.15) is 12.9 Å². The van der Waals surface area contributed by atoms with Crippen molar-refractivity contribution in [3.63, 3.8) is 0 Å². The van der Waals surface area contributed by atoms with Crippen molar-refractivity contribution in [1.29, 1.82) is 0 Å². The van der Waals surface area contributed by atoms with Crippen LogP contribution >= 0.6 is 0 Å². The zero-order valence-electron chi connectivity index (χ0n) is 16.8. The second kappa shape index (κ2) is 6.25. The summed E-state index contributed by atoms with van der Waals surface area (Å²) in [4.78, 5) is 24.1. The molecule has 0 unspecified atom stereocenters. The summed E-state index contributed by atoms with van der Waals surface area (Å²) in [6, 6.07) is 0. The highest BCUT2D eigenvalue weighted by atomic mass is 16.5. The van der Waals surface area contributed by atoms with Gasteiger partial charge in [0, 0.05) is 16.9 Å². The highest BCUT2D eigenvalue weighted by Crippen LogP contribution is 2.68. The number of carbonyl (C=O) groups excluding carboxylic acids is 2. The molecule has 1 heterocycles. The van der Waals surface area contributed by atoms with Crippen molar-refractivity contribution in [2.75, 3.05) is 6.61 Å². The number of aldehydes is 1. The quantitative estimate of drug-likeness (QED) is 0.369. The third-order valence-corrected chi connectivity index (χ3v) is 9.23. The summed E-state index contributed by atoms with van der Waals surface area (Å²) < 4.78 is 5.14. The van der Waals surface area contributed by atoms with Gasteiger partial charge in [-0.1, -0.05) is 13.0 Å². The highest BCUT2D eigenvalue weighted by molar-refractivity contribution is 5.85. The molecule has 0 amide bonds. The van der Waals surface area contributed by atoms with Crippen molar-refractivity contribution in [2.45, 2.75) is 69.7 Å². The number of hydrogen-bond donors (Lipinski definition) is 3. The van der Waals surface area contributed by atoms with Crippen LogP contribution in [-0.4, -0.2) is 52.0 Å². The fourth-order valence-electron chi connectivity index (χ4n) is 7.61. The molecule has 0 saturated heterocycles. The highest BCUT2D eigenvalue weighted by Gasteiger charge is 2.66. The van der Waals surface area contributed by atoms with Crippen LogP contribution in [0.5, 0.6) is 0 Å². The summed E-state index contributed by atoms with van der Waals surface area (Å²) in [5.41, 5.74) is -0.216. The van der Waals surface area contributed by atoms with Gasteiger partial charge in [-0.15, -0.1) is 0 Å². The molecule has 5 aliphatic rings. The molecule has 0 aromatic carbocycles. The van der Waals surface area contributed by atoms with Crippen molar-refractivity contribution in [3.8, 4) is 0 Å². The van der Waals surface area contributed by atoms with Gasteiger partial charge in [0.05, 0.1) is 17.8 Å². The first-order chi connectivity index (χ1) is 13.7. The van der Waals surface area contributed by atoms with Gasteiger partial charge in [0.15, 0.2) is 0 Å². The van der Waals surface area contributed by atoms with Gasteiger partial charge in [0.25, 0.3) is 0 Å². The summed E-state index contributed by atoms with van der Waals surface area (Å²) in [6.07, 6.45) is 7.26. The smallest absolute Gasteiger partial charge is 0.331 e. The van der Waals surface area contributed by atoms with E-state index < -0.39 is 28.6 Å². The molecule has 3 saturated carbocycles. The van der Waals surface area contributed by atoms with Crippen LogP contribution in [-0.2, 0) is 14.3 Å². The Kier molecular flexibility index (Phi) is 4.20. The van der Waals surface area contributed by atoms with Crippen molar-refractivity contribution >= 4 is 12.3 Å². The predicted octanol–water partition coefficient (Wildman–Crippen LogP) is 1.67. The summed E-state index contributed by atoms with van der Waals surface area (Å²) >= 11 is 0. The van der Waals surface area contributed by atoms with E-state index in [2.05, 4.69) is 13.0 Å². The second-order valence-corrected chi connectivity index (χ2v) is 10.2. The van der Waals surface area contributed by atoms with Crippen LogP contribution in [0.15, 0.2) is 23.3 Å². The zero-order chi connectivity index (χ0) is 20.6. The average Bonchev–Trinajstić information content (AvgIpc) is 3.23. The Balaban J connectivity index is 1.54. The first-order valence-corrected chi connectivity index (χ1v) is 10.9. The van der Waals surface area contributed by atoms with E-state index >= 15 is 0 Å². The maximum atomic E-state index is 12.4. The predicted molar refractivity (Wildman–Crippen MR) is 103 cm³/mol. The van der Waals surface area contributed by atoms with Crippen molar-refractivity contribution < 1.29 is 29.6 Å². The zero-order valence-corrected chi connectivity index (χ0v) is 16.8. The number of cyclic esters (lactones) is 1. The number of ether oxygens (including phenoxy) is 1. The molecule has 158 valence electrons. The van der Waals surface area contributed by atoms with Crippen molar-refractivity contribution in [3.05, 3.63) is 23.3 Å². The monoisotopic (exact) mass is 402 g/mol. The number of fused-ring (bicyclic) bond motifs is 5. The molecule has 4 aliphatic carbocycles. The molecule has 0 spiro atoms. The maximum absolute atomic E-state index is 12.4. The Hall–Kier alpha value is -1.50. The standard InChI is InChI=1S/C23H30O6/c1-21-6-4-16-17(3-2-14-9-18(25)19(26)10-22(14,16)12-24)23(21,28)7-5-15(21)13-8-20(27)29-11-13/h3,8,12,14-16,18-19,25-26,28H,2,4-7,9-11H2,1H3/t14-,15+,16-,18+,19+,21+,22+,23-/m0/s1. The van der Waals surface area contributed by atoms with Crippen molar-refractivity contribution in [2.24, 2.45) is 28.6 Å². The molecule has 8 atom stereocenters. The molecule has 0 bridgehead atoms. The Morgan fingerprint density at radius 2 is 1.93 bits per heavy atom. The van der Waals surface area contributed by atoms with E-state index in [1.165, 1.54) is 0 Å². The number of rotatable bonds is 2. The maximum Gasteiger partial charge on any atom is 0.331 e. The molecule has 6 heteroatoms. The first kappa shape index (κ1) is 19.5. The SMILES string of the molecule is C[C@]12CC[C@H]3C(=CC[C@H]4C[C@@H](O)[C@H](O)C[C@@]43C=O)[C@@]1(O)CC[C@@H]2C1=CC(=O)OC1. The van der Waals surface area contributed by atoms with E-state index in [9.17, 15) is 24.9 Å². The molecular weight excluding hydrogens is 372 g/mol. The number of carbonyl (C=O) groups is 2. The summed E-state index contributed by atoms with van der Waals surface area (Å²) in [5.74, 6) is -0.319. The molecule has 29 heavy (non-hydrogen) atoms. The second-order valence-electron chi connectivity index (χ2n) is 10.2. The van der Waals surface area contributed by atoms with Crippen LogP contribution in [0.25, 0.3) is 0 Å². The molecule has 0 aromatic rings. The molecule has 0 aromatic heterocycles. The minimum Gasteiger partial charge on any atom is -0.458 e. The number of hydrogen-bond acceptors (Lipinski definition) is 6. The molecule has 3 fully saturated rings. The lowest BCUT2D eigenvalue weighted by Gasteiger charge is -2.59. The molecule has 6 nitrogen and oxygen atoms in total. The van der Waals surface area contributed by atoms with E-state index in [1.54, 1.807) is 6.08 Å². The number of esters is 1. The van der Waals surface area contributed by atoms with Crippen LogP contribution < -0.4 is 0 Å². The van der Waals surface area contributed by atoms with Gasteiger partial charge in [-0.2, -0.15) is 0 Å². The first-order valence-electron chi connectivity index (χ1n) is 10.9. The Labute approximate surface area is 170 Å². The van der Waals surface area contributed by atoms with E-state index in [4.69, 9.17) is 4.74 Å². The summed E-state index contributed by atoms with van der Waals surface area (Å²) in [5, 5.41) is 32.6. The van der Waals surface area contributed by atoms with Crippen LogP contribution in [0.2, 0.25) is 0 Å². The lowest BCUT2D eigenvalue weighted by atomic mass is 9.46. The molecule has 1 aliphatic heterocycles. The average molecular weight is 402 g/mol. The van der Waals surface area contributed by atoms with Gasteiger partial charge in [-0.3, -0.25) is 0 Å². The fraction of sp³-hybridized carbons (Fsp3) is 0.739. The Morgan fingerprint density at radius 1 is 1.17 bits per heavy atom. The molecule has 3 N–H and O–H groups in total. The molecule has 5 rings (SSSR count). The van der Waals surface area contributed by atoms with Crippen molar-refractivity contribution in [1.82, 2.24) is 0 Å². The van der Waals surface area contributed by atoms with E-state index in [-0.39, 0.29) is 30.1 Å². The Morgan fingerprint density at radius 3 is 2.62 bits per heavy atom. The number of aliphatic hydroxyl groups is 3. The van der Waals surface area contributed by atoms with Crippen LogP contribution in [0, 0.1) is 28.6 Å². The molecular formula is C23H30O6. The van der Waals surface area contributed by atoms with Gasteiger partial charge in [-0.05, 0) is 73.8 Å². The number of aliphatic hydroxyl groups excluding tert-OH is 2. The summed E-state index contributed by atoms with van der Waals surface area (Å²) in [6.45, 7) is 2.42. The third-order valence-electron chi connectivity index (χ3n) is 9.23. The van der Waals surface area contributed by atoms with Gasteiger partial charge in [0.2, 0.25) is 0 Å². The minimum absolute atomic E-state index is 0.000804. The lowest BCUT2D eigenvalue weighted by Crippen LogP contribution is -2.60. The van der Waals surface area contributed by atoms with Crippen LogP contribution in [0.3, 0.4) is 0 Å². The topological polar surface area (TPSA) is 104 Å². The van der Waals surface area contributed by atoms with E-state index in [0.717, 1.165) is 36.7 Å². The van der Waals surface area contributed by atoms with Gasteiger partial charge >= 0.3 is 5.97 Å². The fourth-order valence-corrected chi connectivity index (χ4v) is 7.61. The minimum atomic E-state index is -1.02. The van der Waals surface area contributed by atoms with Crippen LogP contribution in [0.1, 0.15) is 51.9 Å². The lowest BCUT2D eigenvalue weighted by molar-refractivity contribution is -0.152. The Bertz CT molecular complexity index is 816. The summed E-state index contributed by atoms with van der Waals surface area (Å²) in [7, 11) is 0. The van der Waals surface area contributed by atoms with Gasteiger partial charge in [-0.25, -0.2) is 4.79 Å².